The summed E-state index contributed by atoms with van der Waals surface area (Å²) in [7, 11) is 0. The summed E-state index contributed by atoms with van der Waals surface area (Å²) in [6.45, 7) is 1.85. The number of azo groups is 1. The lowest BCUT2D eigenvalue weighted by atomic mass is 10.2. The Morgan fingerprint density at radius 3 is 2.07 bits per heavy atom. The maximum atomic E-state index is 12.1. The van der Waals surface area contributed by atoms with Crippen LogP contribution in [0.5, 0.6) is 0 Å². The first-order valence-electron chi connectivity index (χ1n) is 10.5. The minimum atomic E-state index is -0.608. The minimum Gasteiger partial charge on any atom is -0.372 e. The highest BCUT2D eigenvalue weighted by Gasteiger charge is 2.22. The van der Waals surface area contributed by atoms with Gasteiger partial charge in [0.1, 0.15) is 6.23 Å². The Kier molecular flexibility index (Phi) is 6.68. The predicted octanol–water partition coefficient (Wildman–Crippen LogP) is 3.27. The topological polar surface area (TPSA) is 110 Å². The third-order valence-electron chi connectivity index (χ3n) is 5.45. The third kappa shape index (κ3) is 5.41. The molecule has 1 amide bonds. The Labute approximate surface area is 176 Å². The molecule has 30 heavy (non-hydrogen) atoms. The molecule has 2 aliphatic heterocycles. The standard InChI is InChI=1S/C22H28N6O2/c29-21(19-3-1-13-23-19)25-15-5-9-17(10-6-15)27-28-18-11-7-16(8-12-18)26-22(30)20-4-2-14-24-20/h5-12,19-21,23-25,29H,1-4,13-14H2,(H,26,30)/t19-,20-,21?/m0/s1. The predicted molar refractivity (Wildman–Crippen MR) is 117 cm³/mol. The van der Waals surface area contributed by atoms with Crippen LogP contribution < -0.4 is 21.3 Å². The van der Waals surface area contributed by atoms with E-state index in [-0.39, 0.29) is 18.0 Å². The second-order valence-corrected chi connectivity index (χ2v) is 7.72. The number of carbonyl (C=O) groups excluding carboxylic acids is 1. The van der Waals surface area contributed by atoms with E-state index in [0.717, 1.165) is 55.8 Å². The molecule has 8 heteroatoms. The Balaban J connectivity index is 1.29. The van der Waals surface area contributed by atoms with Crippen molar-refractivity contribution in [1.82, 2.24) is 10.6 Å². The van der Waals surface area contributed by atoms with E-state index in [1.807, 2.05) is 48.5 Å². The summed E-state index contributed by atoms with van der Waals surface area (Å²) in [5.41, 5.74) is 3.01. The van der Waals surface area contributed by atoms with Crippen molar-refractivity contribution in [3.8, 4) is 0 Å². The molecule has 2 fully saturated rings. The van der Waals surface area contributed by atoms with Gasteiger partial charge in [0.15, 0.2) is 0 Å². The third-order valence-corrected chi connectivity index (χ3v) is 5.45. The maximum Gasteiger partial charge on any atom is 0.241 e. The van der Waals surface area contributed by atoms with Crippen molar-refractivity contribution in [2.24, 2.45) is 10.2 Å². The number of aliphatic hydroxyl groups is 1. The Morgan fingerprint density at radius 1 is 0.900 bits per heavy atom. The molecule has 2 aromatic carbocycles. The molecule has 3 atom stereocenters. The van der Waals surface area contributed by atoms with Crippen LogP contribution in [0.4, 0.5) is 22.7 Å². The Morgan fingerprint density at radius 2 is 1.50 bits per heavy atom. The van der Waals surface area contributed by atoms with Crippen LogP contribution in [0.1, 0.15) is 25.7 Å². The fourth-order valence-corrected chi connectivity index (χ4v) is 3.74. The number of anilines is 2. The lowest BCUT2D eigenvalue weighted by Gasteiger charge is -2.20. The zero-order valence-corrected chi connectivity index (χ0v) is 16.8. The van der Waals surface area contributed by atoms with Gasteiger partial charge in [-0.05, 0) is 87.3 Å². The number of carbonyl (C=O) groups is 1. The van der Waals surface area contributed by atoms with Gasteiger partial charge in [-0.25, -0.2) is 0 Å². The molecule has 0 spiro atoms. The highest BCUT2D eigenvalue weighted by atomic mass is 16.3. The fraction of sp³-hybridized carbons (Fsp3) is 0.409. The summed E-state index contributed by atoms with van der Waals surface area (Å²) in [5.74, 6) is 0.00408. The molecule has 158 valence electrons. The average Bonchev–Trinajstić information content (AvgIpc) is 3.48. The molecule has 0 aliphatic carbocycles. The number of hydrogen-bond acceptors (Lipinski definition) is 7. The first kappa shape index (κ1) is 20.5. The van der Waals surface area contributed by atoms with Gasteiger partial charge in [0.2, 0.25) is 5.91 Å². The number of nitrogens with zero attached hydrogens (tertiary/aromatic N) is 2. The Hall–Kier alpha value is -2.81. The van der Waals surface area contributed by atoms with Gasteiger partial charge in [-0.15, -0.1) is 0 Å². The van der Waals surface area contributed by atoms with Gasteiger partial charge in [0.25, 0.3) is 0 Å². The van der Waals surface area contributed by atoms with Crippen LogP contribution in [0.2, 0.25) is 0 Å². The molecule has 5 N–H and O–H groups in total. The van der Waals surface area contributed by atoms with E-state index in [4.69, 9.17) is 0 Å². The van der Waals surface area contributed by atoms with Gasteiger partial charge >= 0.3 is 0 Å². The zero-order chi connectivity index (χ0) is 20.8. The molecule has 2 aliphatic rings. The molecular formula is C22H28N6O2. The maximum absolute atomic E-state index is 12.1. The van der Waals surface area contributed by atoms with Crippen molar-refractivity contribution >= 4 is 28.7 Å². The molecule has 4 rings (SSSR count). The molecule has 0 radical (unpaired) electrons. The lowest BCUT2D eigenvalue weighted by molar-refractivity contribution is -0.117. The molecule has 1 unspecified atom stereocenters. The average molecular weight is 409 g/mol. The van der Waals surface area contributed by atoms with Crippen LogP contribution in [0.15, 0.2) is 58.8 Å². The molecule has 2 saturated heterocycles. The molecule has 2 aromatic rings. The molecular weight excluding hydrogens is 380 g/mol. The van der Waals surface area contributed by atoms with Gasteiger partial charge in [0, 0.05) is 11.4 Å². The molecule has 0 aromatic heterocycles. The van der Waals surface area contributed by atoms with Gasteiger partial charge < -0.3 is 26.4 Å². The quantitative estimate of drug-likeness (QED) is 0.357. The summed E-state index contributed by atoms with van der Waals surface area (Å²) < 4.78 is 0. The lowest BCUT2D eigenvalue weighted by Crippen LogP contribution is -2.39. The van der Waals surface area contributed by atoms with Crippen LogP contribution in [-0.2, 0) is 4.79 Å². The first-order chi connectivity index (χ1) is 14.7. The number of aliphatic hydroxyl groups excluding tert-OH is 1. The van der Waals surface area contributed by atoms with Crippen molar-refractivity contribution in [2.75, 3.05) is 23.7 Å². The number of rotatable bonds is 7. The monoisotopic (exact) mass is 408 g/mol. The second kappa shape index (κ2) is 9.80. The number of hydrogen-bond donors (Lipinski definition) is 5. The normalized spacial score (nSPS) is 22.3. The zero-order valence-electron chi connectivity index (χ0n) is 16.8. The molecule has 8 nitrogen and oxygen atoms in total. The smallest absolute Gasteiger partial charge is 0.241 e. The van der Waals surface area contributed by atoms with Crippen LogP contribution in [-0.4, -0.2) is 42.4 Å². The highest BCUT2D eigenvalue weighted by Crippen LogP contribution is 2.23. The van der Waals surface area contributed by atoms with Crippen LogP contribution >= 0.6 is 0 Å². The summed E-state index contributed by atoms with van der Waals surface area (Å²) in [5, 5.41) is 31.2. The summed E-state index contributed by atoms with van der Waals surface area (Å²) in [6, 6.07) is 14.7. The van der Waals surface area contributed by atoms with Gasteiger partial charge in [-0.3, -0.25) is 4.79 Å². The number of nitrogens with one attached hydrogen (secondary N) is 4. The van der Waals surface area contributed by atoms with E-state index in [0.29, 0.717) is 5.69 Å². The SMILES string of the molecule is O=C(Nc1ccc(N=Nc2ccc(NC(O)[C@@H]3CCCN3)cc2)cc1)[C@@H]1CCCN1. The van der Waals surface area contributed by atoms with E-state index >= 15 is 0 Å². The van der Waals surface area contributed by atoms with Crippen LogP contribution in [0, 0.1) is 0 Å². The minimum absolute atomic E-state index is 0.00408. The van der Waals surface area contributed by atoms with Gasteiger partial charge in [-0.1, -0.05) is 0 Å². The van der Waals surface area contributed by atoms with Crippen LogP contribution in [0.3, 0.4) is 0 Å². The first-order valence-corrected chi connectivity index (χ1v) is 10.5. The van der Waals surface area contributed by atoms with Crippen molar-refractivity contribution < 1.29 is 9.90 Å². The van der Waals surface area contributed by atoms with Gasteiger partial charge in [0.05, 0.1) is 23.5 Å². The van der Waals surface area contributed by atoms with E-state index in [9.17, 15) is 9.90 Å². The van der Waals surface area contributed by atoms with E-state index in [1.54, 1.807) is 0 Å². The fourth-order valence-electron chi connectivity index (χ4n) is 3.74. The van der Waals surface area contributed by atoms with Crippen LogP contribution in [0.25, 0.3) is 0 Å². The van der Waals surface area contributed by atoms with Crippen molar-refractivity contribution in [2.45, 2.75) is 44.0 Å². The van der Waals surface area contributed by atoms with E-state index < -0.39 is 6.23 Å². The van der Waals surface area contributed by atoms with Crippen molar-refractivity contribution in [3.05, 3.63) is 48.5 Å². The molecule has 2 heterocycles. The van der Waals surface area contributed by atoms with Crippen molar-refractivity contribution in [3.63, 3.8) is 0 Å². The largest absolute Gasteiger partial charge is 0.372 e. The van der Waals surface area contributed by atoms with Gasteiger partial charge in [-0.2, -0.15) is 10.2 Å². The summed E-state index contributed by atoms with van der Waals surface area (Å²) in [4.78, 5) is 12.1. The molecule has 0 bridgehead atoms. The van der Waals surface area contributed by atoms with E-state index in [2.05, 4.69) is 31.5 Å². The number of benzene rings is 2. The number of amides is 1. The summed E-state index contributed by atoms with van der Waals surface area (Å²) in [6.07, 6.45) is 3.37. The summed E-state index contributed by atoms with van der Waals surface area (Å²) >= 11 is 0. The van der Waals surface area contributed by atoms with E-state index in [1.165, 1.54) is 0 Å². The second-order valence-electron chi connectivity index (χ2n) is 7.72. The molecule has 0 saturated carbocycles. The highest BCUT2D eigenvalue weighted by molar-refractivity contribution is 5.95. The Bertz CT molecular complexity index is 856. The van der Waals surface area contributed by atoms with Crippen molar-refractivity contribution in [1.29, 1.82) is 0 Å².